The second-order valence-electron chi connectivity index (χ2n) is 3.95. The Morgan fingerprint density at radius 1 is 1.75 bits per heavy atom. The van der Waals surface area contributed by atoms with E-state index in [1.54, 1.807) is 11.9 Å². The predicted molar refractivity (Wildman–Crippen MR) is 59.2 cm³/mol. The molecule has 0 aromatic rings. The molecule has 6 heteroatoms. The van der Waals surface area contributed by atoms with E-state index in [1.165, 1.54) is 0 Å². The number of ether oxygens (including phenoxy) is 1. The van der Waals surface area contributed by atoms with Crippen LogP contribution < -0.4 is 5.73 Å². The minimum absolute atomic E-state index is 0.0294. The Balaban J connectivity index is 2.66. The number of nitrogens with zero attached hydrogens (tertiary/aromatic N) is 2. The van der Waals surface area contributed by atoms with Crippen LogP contribution in [0, 0.1) is 5.92 Å². The molecule has 0 aliphatic carbocycles. The minimum Gasteiger partial charge on any atom is -0.409 e. The third-order valence-corrected chi connectivity index (χ3v) is 2.98. The van der Waals surface area contributed by atoms with Crippen molar-refractivity contribution in [3.05, 3.63) is 0 Å². The fourth-order valence-electron chi connectivity index (χ4n) is 1.83. The molecule has 0 aromatic carbocycles. The molecule has 2 unspecified atom stereocenters. The molecule has 1 aliphatic heterocycles. The monoisotopic (exact) mass is 229 g/mol. The van der Waals surface area contributed by atoms with Crippen LogP contribution in [0.2, 0.25) is 0 Å². The Morgan fingerprint density at radius 2 is 2.44 bits per heavy atom. The lowest BCUT2D eigenvalue weighted by Gasteiger charge is -2.26. The summed E-state index contributed by atoms with van der Waals surface area (Å²) in [6.07, 6.45) is 1.36. The average Bonchev–Trinajstić information content (AvgIpc) is 2.81. The van der Waals surface area contributed by atoms with Crippen LogP contribution in [0.25, 0.3) is 0 Å². The van der Waals surface area contributed by atoms with E-state index in [1.807, 2.05) is 6.92 Å². The van der Waals surface area contributed by atoms with Gasteiger partial charge in [-0.25, -0.2) is 0 Å². The number of carbonyl (C=O) groups is 1. The molecule has 1 heterocycles. The Labute approximate surface area is 95.0 Å². The van der Waals surface area contributed by atoms with Gasteiger partial charge in [0.2, 0.25) is 5.91 Å². The van der Waals surface area contributed by atoms with Crippen molar-refractivity contribution >= 4 is 11.7 Å². The lowest BCUT2D eigenvalue weighted by atomic mass is 10.0. The van der Waals surface area contributed by atoms with Gasteiger partial charge in [-0.1, -0.05) is 12.1 Å². The van der Waals surface area contributed by atoms with Crippen molar-refractivity contribution in [2.75, 3.05) is 20.3 Å². The zero-order valence-corrected chi connectivity index (χ0v) is 9.72. The zero-order chi connectivity index (χ0) is 12.1. The molecule has 0 aromatic heterocycles. The molecule has 1 aliphatic rings. The zero-order valence-electron chi connectivity index (χ0n) is 9.72. The van der Waals surface area contributed by atoms with Crippen molar-refractivity contribution in [1.29, 1.82) is 0 Å². The molecule has 92 valence electrons. The molecule has 0 radical (unpaired) electrons. The summed E-state index contributed by atoms with van der Waals surface area (Å²) >= 11 is 0. The smallest absolute Gasteiger partial charge is 0.233 e. The van der Waals surface area contributed by atoms with Gasteiger partial charge in [-0.2, -0.15) is 0 Å². The highest BCUT2D eigenvalue weighted by atomic mass is 16.5. The van der Waals surface area contributed by atoms with E-state index in [9.17, 15) is 4.79 Å². The molecule has 2 atom stereocenters. The van der Waals surface area contributed by atoms with Gasteiger partial charge in [-0.05, 0) is 12.8 Å². The second kappa shape index (κ2) is 5.69. The van der Waals surface area contributed by atoms with Gasteiger partial charge in [0, 0.05) is 13.7 Å². The largest absolute Gasteiger partial charge is 0.409 e. The quantitative estimate of drug-likeness (QED) is 0.307. The Morgan fingerprint density at radius 3 is 2.88 bits per heavy atom. The van der Waals surface area contributed by atoms with Crippen molar-refractivity contribution < 1.29 is 14.7 Å². The maximum absolute atomic E-state index is 12.1. The highest BCUT2D eigenvalue weighted by molar-refractivity contribution is 6.02. The molecule has 0 spiro atoms. The molecule has 1 saturated heterocycles. The van der Waals surface area contributed by atoms with Crippen LogP contribution >= 0.6 is 0 Å². The molecule has 16 heavy (non-hydrogen) atoms. The Bertz CT molecular complexity index is 274. The Hall–Kier alpha value is -1.30. The summed E-state index contributed by atoms with van der Waals surface area (Å²) < 4.78 is 5.22. The van der Waals surface area contributed by atoms with Gasteiger partial charge >= 0.3 is 0 Å². The molecule has 1 rings (SSSR count). The van der Waals surface area contributed by atoms with Gasteiger partial charge in [0.1, 0.15) is 0 Å². The summed E-state index contributed by atoms with van der Waals surface area (Å²) in [5, 5.41) is 11.5. The van der Waals surface area contributed by atoms with Crippen molar-refractivity contribution in [3.63, 3.8) is 0 Å². The molecule has 0 saturated carbocycles. The van der Waals surface area contributed by atoms with Gasteiger partial charge < -0.3 is 20.6 Å². The van der Waals surface area contributed by atoms with Crippen molar-refractivity contribution in [3.8, 4) is 0 Å². The molecule has 1 amide bonds. The number of hydrogen-bond donors (Lipinski definition) is 2. The number of rotatable bonds is 4. The first-order chi connectivity index (χ1) is 7.61. The number of amidine groups is 1. The summed E-state index contributed by atoms with van der Waals surface area (Å²) in [4.78, 5) is 13.7. The van der Waals surface area contributed by atoms with Crippen LogP contribution in [0.1, 0.15) is 19.8 Å². The highest BCUT2D eigenvalue weighted by Gasteiger charge is 2.30. The fourth-order valence-corrected chi connectivity index (χ4v) is 1.83. The van der Waals surface area contributed by atoms with Gasteiger partial charge in [0.25, 0.3) is 0 Å². The van der Waals surface area contributed by atoms with Crippen LogP contribution in [0.15, 0.2) is 5.16 Å². The first-order valence-corrected chi connectivity index (χ1v) is 5.43. The van der Waals surface area contributed by atoms with E-state index in [4.69, 9.17) is 15.7 Å². The van der Waals surface area contributed by atoms with Gasteiger partial charge in [0.15, 0.2) is 5.84 Å². The SMILES string of the molecule is CCC(C(=O)N(C)C1CCOC1)C(N)=NO. The van der Waals surface area contributed by atoms with Crippen LogP contribution in [-0.4, -0.2) is 48.2 Å². The topological polar surface area (TPSA) is 88.2 Å². The molecule has 3 N–H and O–H groups in total. The molecular formula is C10H19N3O3. The predicted octanol–water partition coefficient (Wildman–Crippen LogP) is 0.00630. The summed E-state index contributed by atoms with van der Waals surface area (Å²) in [5.74, 6) is -0.692. The van der Waals surface area contributed by atoms with Crippen LogP contribution in [0.5, 0.6) is 0 Å². The number of hydrogen-bond acceptors (Lipinski definition) is 4. The maximum Gasteiger partial charge on any atom is 0.233 e. The third kappa shape index (κ3) is 2.63. The van der Waals surface area contributed by atoms with Crippen molar-refractivity contribution in [1.82, 2.24) is 4.90 Å². The van der Waals surface area contributed by atoms with Gasteiger partial charge in [-0.3, -0.25) is 4.79 Å². The second-order valence-corrected chi connectivity index (χ2v) is 3.95. The summed E-state index contributed by atoms with van der Waals surface area (Å²) in [6, 6.07) is 0.105. The summed E-state index contributed by atoms with van der Waals surface area (Å²) in [7, 11) is 1.73. The van der Waals surface area contributed by atoms with Gasteiger partial charge in [-0.15, -0.1) is 0 Å². The lowest BCUT2D eigenvalue weighted by Crippen LogP contribution is -2.44. The molecular weight excluding hydrogens is 210 g/mol. The van der Waals surface area contributed by atoms with E-state index >= 15 is 0 Å². The number of carbonyl (C=O) groups excluding carboxylic acids is 1. The Kier molecular flexibility index (Phi) is 4.54. The fraction of sp³-hybridized carbons (Fsp3) is 0.800. The van der Waals surface area contributed by atoms with E-state index in [-0.39, 0.29) is 17.8 Å². The van der Waals surface area contributed by atoms with E-state index in [2.05, 4.69) is 5.16 Å². The van der Waals surface area contributed by atoms with Crippen LogP contribution in [0.3, 0.4) is 0 Å². The van der Waals surface area contributed by atoms with Gasteiger partial charge in [0.05, 0.1) is 18.6 Å². The average molecular weight is 229 g/mol. The lowest BCUT2D eigenvalue weighted by molar-refractivity contribution is -0.134. The van der Waals surface area contributed by atoms with Crippen LogP contribution in [0.4, 0.5) is 0 Å². The maximum atomic E-state index is 12.1. The first-order valence-electron chi connectivity index (χ1n) is 5.43. The number of amides is 1. The number of oxime groups is 1. The normalized spacial score (nSPS) is 23.1. The van der Waals surface area contributed by atoms with E-state index in [0.29, 0.717) is 19.6 Å². The summed E-state index contributed by atoms with van der Waals surface area (Å²) in [6.45, 7) is 3.08. The van der Waals surface area contributed by atoms with E-state index < -0.39 is 5.92 Å². The number of nitrogens with two attached hydrogens (primary N) is 1. The van der Waals surface area contributed by atoms with Crippen LogP contribution in [-0.2, 0) is 9.53 Å². The highest BCUT2D eigenvalue weighted by Crippen LogP contribution is 2.15. The first kappa shape index (κ1) is 12.8. The van der Waals surface area contributed by atoms with Crippen molar-refractivity contribution in [2.24, 2.45) is 16.8 Å². The molecule has 0 bridgehead atoms. The molecule has 6 nitrogen and oxygen atoms in total. The van der Waals surface area contributed by atoms with E-state index in [0.717, 1.165) is 6.42 Å². The molecule has 1 fully saturated rings. The third-order valence-electron chi connectivity index (χ3n) is 2.98. The van der Waals surface area contributed by atoms with Crippen molar-refractivity contribution in [2.45, 2.75) is 25.8 Å². The minimum atomic E-state index is -0.546. The summed E-state index contributed by atoms with van der Waals surface area (Å²) in [5.41, 5.74) is 5.49. The standard InChI is InChI=1S/C10H19N3O3/c1-3-8(9(11)12-15)10(14)13(2)7-4-5-16-6-7/h7-8,15H,3-6H2,1-2H3,(H2,11,12). The number of likely N-dealkylation sites (N-methyl/N-ethyl adjacent to an activating group) is 1.